The molecule has 2 heterocycles. The van der Waals surface area contributed by atoms with Crippen molar-refractivity contribution < 1.29 is 19.6 Å². The van der Waals surface area contributed by atoms with Crippen LogP contribution in [0.5, 0.6) is 0 Å². The third kappa shape index (κ3) is 3.78. The lowest BCUT2D eigenvalue weighted by molar-refractivity contribution is -0.384. The number of benzene rings is 2. The van der Waals surface area contributed by atoms with Gasteiger partial charge in [0, 0.05) is 31.8 Å². The highest BCUT2D eigenvalue weighted by atomic mass is 16.6. The Hall–Kier alpha value is -3.52. The van der Waals surface area contributed by atoms with Crippen LogP contribution in [0, 0.1) is 29.9 Å². The Morgan fingerprint density at radius 3 is 2.41 bits per heavy atom. The van der Waals surface area contributed by atoms with Gasteiger partial charge in [0.05, 0.1) is 16.2 Å². The quantitative estimate of drug-likeness (QED) is 0.439. The average Bonchev–Trinajstić information content (AvgIpc) is 3.05. The molecular weight excluding hydrogens is 410 g/mol. The first-order valence-electron chi connectivity index (χ1n) is 10.6. The van der Waals surface area contributed by atoms with Gasteiger partial charge in [-0.2, -0.15) is 0 Å². The number of aliphatic hydroxyl groups excluding tert-OH is 1. The van der Waals surface area contributed by atoms with E-state index >= 15 is 0 Å². The Balaban J connectivity index is 1.81. The smallest absolute Gasteiger partial charge is 0.282 e. The van der Waals surface area contributed by atoms with Crippen molar-refractivity contribution in [2.75, 3.05) is 24.6 Å². The van der Waals surface area contributed by atoms with Gasteiger partial charge in [-0.05, 0) is 73.6 Å². The van der Waals surface area contributed by atoms with Gasteiger partial charge in [-0.15, -0.1) is 0 Å². The third-order valence-electron chi connectivity index (χ3n) is 6.27. The van der Waals surface area contributed by atoms with E-state index < -0.39 is 16.7 Å². The van der Waals surface area contributed by atoms with E-state index in [4.69, 9.17) is 0 Å². The normalized spacial score (nSPS) is 19.2. The molecule has 0 radical (unpaired) electrons. The van der Waals surface area contributed by atoms with E-state index in [0.29, 0.717) is 30.0 Å². The molecular formula is C24H25N3O5. The number of piperidine rings is 1. The minimum atomic E-state index is -0.501. The lowest BCUT2D eigenvalue weighted by atomic mass is 9.97. The fourth-order valence-corrected chi connectivity index (χ4v) is 4.34. The van der Waals surface area contributed by atoms with Crippen molar-refractivity contribution in [2.45, 2.75) is 26.7 Å². The predicted molar refractivity (Wildman–Crippen MR) is 120 cm³/mol. The molecule has 1 N–H and O–H groups in total. The Labute approximate surface area is 185 Å². The summed E-state index contributed by atoms with van der Waals surface area (Å²) < 4.78 is 0. The number of anilines is 1. The number of nitro benzene ring substituents is 1. The second-order valence-electron chi connectivity index (χ2n) is 8.38. The van der Waals surface area contributed by atoms with Crippen LogP contribution < -0.4 is 4.90 Å². The zero-order chi connectivity index (χ0) is 23.0. The van der Waals surface area contributed by atoms with Crippen molar-refractivity contribution in [2.24, 2.45) is 5.92 Å². The lowest BCUT2D eigenvalue weighted by Crippen LogP contribution is -2.40. The van der Waals surface area contributed by atoms with E-state index in [9.17, 15) is 24.8 Å². The molecule has 8 nitrogen and oxygen atoms in total. The van der Waals surface area contributed by atoms with Gasteiger partial charge >= 0.3 is 0 Å². The van der Waals surface area contributed by atoms with Gasteiger partial charge < -0.3 is 10.0 Å². The number of aliphatic hydroxyl groups is 1. The molecule has 1 fully saturated rings. The maximum Gasteiger partial charge on any atom is 0.282 e. The van der Waals surface area contributed by atoms with Crippen molar-refractivity contribution in [3.8, 4) is 0 Å². The summed E-state index contributed by atoms with van der Waals surface area (Å²) in [5, 5.41) is 20.7. The number of hydrogen-bond acceptors (Lipinski definition) is 6. The summed E-state index contributed by atoms with van der Waals surface area (Å²) in [6.45, 7) is 4.97. The van der Waals surface area contributed by atoms with Crippen LogP contribution in [0.3, 0.4) is 0 Å². The third-order valence-corrected chi connectivity index (χ3v) is 6.27. The fourth-order valence-electron chi connectivity index (χ4n) is 4.34. The number of imide groups is 1. The molecule has 0 spiro atoms. The molecule has 2 aromatic rings. The summed E-state index contributed by atoms with van der Waals surface area (Å²) in [4.78, 5) is 40.8. The molecule has 0 saturated carbocycles. The molecule has 4 rings (SSSR count). The standard InChI is InChI=1S/C24H25N3O5/c1-15-5-8-20(12-16(15)2)26-23(29)21(18-6-9-19(10-7-18)27(31)32)22(24(26)30)25-11-3-4-17(13-25)14-28/h5-10,12,17,28H,3-4,11,13-14H2,1-2H3. The highest BCUT2D eigenvalue weighted by molar-refractivity contribution is 6.45. The predicted octanol–water partition coefficient (Wildman–Crippen LogP) is 3.20. The Morgan fingerprint density at radius 2 is 1.78 bits per heavy atom. The molecule has 2 amide bonds. The number of rotatable bonds is 5. The van der Waals surface area contributed by atoms with E-state index in [1.807, 2.05) is 30.9 Å². The number of amides is 2. The molecule has 2 aliphatic heterocycles. The van der Waals surface area contributed by atoms with Gasteiger partial charge in [-0.1, -0.05) is 6.07 Å². The van der Waals surface area contributed by atoms with E-state index in [2.05, 4.69) is 0 Å². The first-order chi connectivity index (χ1) is 15.3. The number of non-ortho nitro benzene ring substituents is 1. The van der Waals surface area contributed by atoms with E-state index in [-0.39, 0.29) is 23.8 Å². The van der Waals surface area contributed by atoms with Gasteiger partial charge in [-0.25, -0.2) is 4.90 Å². The number of aryl methyl sites for hydroxylation is 2. The molecule has 1 saturated heterocycles. The van der Waals surface area contributed by atoms with Crippen molar-refractivity contribution in [3.05, 3.63) is 75.0 Å². The van der Waals surface area contributed by atoms with Crippen molar-refractivity contribution in [1.29, 1.82) is 0 Å². The summed E-state index contributed by atoms with van der Waals surface area (Å²) in [5.74, 6) is -0.841. The van der Waals surface area contributed by atoms with E-state index in [1.54, 1.807) is 6.07 Å². The Kier molecular flexibility index (Phi) is 5.80. The van der Waals surface area contributed by atoms with Crippen LogP contribution in [0.25, 0.3) is 5.57 Å². The van der Waals surface area contributed by atoms with Gasteiger partial charge in [-0.3, -0.25) is 19.7 Å². The molecule has 2 aliphatic rings. The number of nitrogens with zero attached hydrogens (tertiary/aromatic N) is 3. The first kappa shape index (κ1) is 21.7. The van der Waals surface area contributed by atoms with Crippen LogP contribution in [0.15, 0.2) is 48.2 Å². The van der Waals surface area contributed by atoms with Crippen LogP contribution in [-0.2, 0) is 9.59 Å². The zero-order valence-electron chi connectivity index (χ0n) is 18.1. The molecule has 8 heteroatoms. The topological polar surface area (TPSA) is 104 Å². The lowest BCUT2D eigenvalue weighted by Gasteiger charge is -2.34. The zero-order valence-corrected chi connectivity index (χ0v) is 18.1. The Morgan fingerprint density at radius 1 is 1.06 bits per heavy atom. The largest absolute Gasteiger partial charge is 0.396 e. The molecule has 1 unspecified atom stereocenters. The number of carbonyl (C=O) groups excluding carboxylic acids is 2. The molecule has 0 aliphatic carbocycles. The summed E-state index contributed by atoms with van der Waals surface area (Å²) >= 11 is 0. The van der Waals surface area contributed by atoms with Gasteiger partial charge in [0.15, 0.2) is 0 Å². The second-order valence-corrected chi connectivity index (χ2v) is 8.38. The van der Waals surface area contributed by atoms with Gasteiger partial charge in [0.25, 0.3) is 17.5 Å². The minimum Gasteiger partial charge on any atom is -0.396 e. The maximum absolute atomic E-state index is 13.6. The van der Waals surface area contributed by atoms with Crippen LogP contribution in [-0.4, -0.2) is 46.4 Å². The summed E-state index contributed by atoms with van der Waals surface area (Å²) in [6.07, 6.45) is 1.66. The monoisotopic (exact) mass is 435 g/mol. The average molecular weight is 435 g/mol. The minimum absolute atomic E-state index is 0.0135. The second kappa shape index (κ2) is 8.55. The fraction of sp³-hybridized carbons (Fsp3) is 0.333. The van der Waals surface area contributed by atoms with Crippen LogP contribution in [0.1, 0.15) is 29.5 Å². The van der Waals surface area contributed by atoms with Gasteiger partial charge in [0.2, 0.25) is 0 Å². The molecule has 0 aromatic heterocycles. The van der Waals surface area contributed by atoms with Crippen molar-refractivity contribution in [3.63, 3.8) is 0 Å². The molecule has 0 bridgehead atoms. The molecule has 1 atom stereocenters. The number of likely N-dealkylation sites (tertiary alicyclic amines) is 1. The highest BCUT2D eigenvalue weighted by Crippen LogP contribution is 2.37. The summed E-state index contributed by atoms with van der Waals surface area (Å²) in [6, 6.07) is 11.1. The van der Waals surface area contributed by atoms with E-state index in [0.717, 1.165) is 24.0 Å². The number of nitro groups is 1. The maximum atomic E-state index is 13.6. The van der Waals surface area contributed by atoms with Crippen molar-refractivity contribution in [1.82, 2.24) is 4.90 Å². The summed E-state index contributed by atoms with van der Waals surface area (Å²) in [5.41, 5.74) is 3.42. The first-order valence-corrected chi connectivity index (χ1v) is 10.6. The highest BCUT2D eigenvalue weighted by Gasteiger charge is 2.43. The number of hydrogen-bond donors (Lipinski definition) is 1. The summed E-state index contributed by atoms with van der Waals surface area (Å²) in [7, 11) is 0. The van der Waals surface area contributed by atoms with Crippen LogP contribution >= 0.6 is 0 Å². The van der Waals surface area contributed by atoms with Crippen LogP contribution in [0.2, 0.25) is 0 Å². The SMILES string of the molecule is Cc1ccc(N2C(=O)C(c3ccc([N+](=O)[O-])cc3)=C(N3CCCC(CO)C3)C2=O)cc1C. The van der Waals surface area contributed by atoms with E-state index in [1.165, 1.54) is 29.2 Å². The van der Waals surface area contributed by atoms with Gasteiger partial charge in [0.1, 0.15) is 5.70 Å². The molecule has 166 valence electrons. The Bertz CT molecular complexity index is 1120. The van der Waals surface area contributed by atoms with Crippen molar-refractivity contribution >= 4 is 28.8 Å². The van der Waals surface area contributed by atoms with Crippen LogP contribution in [0.4, 0.5) is 11.4 Å². The molecule has 2 aromatic carbocycles. The number of carbonyl (C=O) groups is 2. The molecule has 32 heavy (non-hydrogen) atoms.